The van der Waals surface area contributed by atoms with Gasteiger partial charge in [0.05, 0.1) is 23.3 Å². The number of carbonyl (C=O) groups is 2. The number of hydrogen-bond donors (Lipinski definition) is 0. The first kappa shape index (κ1) is 14.5. The number of hydrogen-bond acceptors (Lipinski definition) is 4. The maximum atomic E-state index is 12.9. The zero-order valence-electron chi connectivity index (χ0n) is 13.0. The summed E-state index contributed by atoms with van der Waals surface area (Å²) in [4.78, 5) is 27.1. The van der Waals surface area contributed by atoms with E-state index >= 15 is 0 Å². The van der Waals surface area contributed by atoms with Crippen molar-refractivity contribution in [2.75, 3.05) is 12.0 Å². The number of fused-ring (bicyclic) bond motifs is 3. The summed E-state index contributed by atoms with van der Waals surface area (Å²) in [5.74, 6) is 0.0574. The van der Waals surface area contributed by atoms with Crippen LogP contribution in [0.1, 0.15) is 19.3 Å². The quantitative estimate of drug-likeness (QED) is 0.787. The molecule has 2 heterocycles. The first-order chi connectivity index (χ1) is 11.2. The van der Waals surface area contributed by atoms with Gasteiger partial charge < -0.3 is 9.47 Å². The van der Waals surface area contributed by atoms with Crippen LogP contribution in [0.2, 0.25) is 0 Å². The molecule has 0 unspecified atom stereocenters. The topological polar surface area (TPSA) is 55.8 Å². The van der Waals surface area contributed by atoms with Crippen LogP contribution in [0.5, 0.6) is 0 Å². The van der Waals surface area contributed by atoms with Crippen molar-refractivity contribution in [3.63, 3.8) is 0 Å². The van der Waals surface area contributed by atoms with Crippen molar-refractivity contribution < 1.29 is 19.1 Å². The lowest BCUT2D eigenvalue weighted by Crippen LogP contribution is -2.37. The van der Waals surface area contributed by atoms with Crippen LogP contribution >= 0.6 is 0 Å². The van der Waals surface area contributed by atoms with E-state index in [9.17, 15) is 9.59 Å². The number of para-hydroxylation sites is 1. The number of imide groups is 1. The van der Waals surface area contributed by atoms with E-state index in [1.54, 1.807) is 19.2 Å². The van der Waals surface area contributed by atoms with E-state index < -0.39 is 0 Å². The van der Waals surface area contributed by atoms with Gasteiger partial charge >= 0.3 is 0 Å². The molecular weight excluding hydrogens is 294 g/mol. The van der Waals surface area contributed by atoms with Gasteiger partial charge in [-0.3, -0.25) is 14.5 Å². The van der Waals surface area contributed by atoms with Gasteiger partial charge in [-0.15, -0.1) is 0 Å². The Morgan fingerprint density at radius 1 is 1.09 bits per heavy atom. The van der Waals surface area contributed by atoms with Crippen molar-refractivity contribution in [2.45, 2.75) is 25.6 Å². The first-order valence-electron chi connectivity index (χ1n) is 8.03. The molecule has 23 heavy (non-hydrogen) atoms. The molecule has 5 heteroatoms. The third kappa shape index (κ3) is 2.18. The Hall–Kier alpha value is -2.14. The van der Waals surface area contributed by atoms with E-state index in [1.807, 2.05) is 24.3 Å². The molecular formula is C18H19NO4. The molecule has 1 aliphatic carbocycles. The number of rotatable bonds is 2. The van der Waals surface area contributed by atoms with Crippen LogP contribution in [0.3, 0.4) is 0 Å². The molecule has 0 radical (unpaired) electrons. The summed E-state index contributed by atoms with van der Waals surface area (Å²) in [5, 5.41) is 0. The Kier molecular flexibility index (Phi) is 3.45. The lowest BCUT2D eigenvalue weighted by molar-refractivity contribution is -0.143. The highest BCUT2D eigenvalue weighted by molar-refractivity contribution is 6.22. The number of amides is 2. The van der Waals surface area contributed by atoms with E-state index in [-0.39, 0.29) is 35.9 Å². The molecule has 2 aliphatic heterocycles. The predicted molar refractivity (Wildman–Crippen MR) is 83.2 cm³/mol. The van der Waals surface area contributed by atoms with Gasteiger partial charge in [0.15, 0.2) is 6.29 Å². The molecule has 3 aliphatic rings. The molecule has 2 fully saturated rings. The fraction of sp³-hybridized carbons (Fsp3) is 0.444. The smallest absolute Gasteiger partial charge is 0.238 e. The Morgan fingerprint density at radius 3 is 2.61 bits per heavy atom. The summed E-state index contributed by atoms with van der Waals surface area (Å²) >= 11 is 0. The van der Waals surface area contributed by atoms with Crippen LogP contribution in [0, 0.1) is 17.8 Å². The maximum Gasteiger partial charge on any atom is 0.238 e. The van der Waals surface area contributed by atoms with E-state index in [2.05, 4.69) is 0 Å². The molecule has 0 aromatic heterocycles. The molecule has 1 aromatic carbocycles. The van der Waals surface area contributed by atoms with Crippen LogP contribution in [-0.4, -0.2) is 25.2 Å². The summed E-state index contributed by atoms with van der Waals surface area (Å²) in [6, 6.07) is 9.17. The van der Waals surface area contributed by atoms with E-state index in [0.717, 1.165) is 18.6 Å². The molecule has 4 rings (SSSR count). The van der Waals surface area contributed by atoms with Gasteiger partial charge in [0.25, 0.3) is 0 Å². The van der Waals surface area contributed by atoms with Crippen molar-refractivity contribution >= 4 is 17.5 Å². The Morgan fingerprint density at radius 2 is 1.87 bits per heavy atom. The summed E-state index contributed by atoms with van der Waals surface area (Å²) in [6.45, 7) is 0. The molecule has 2 saturated heterocycles. The van der Waals surface area contributed by atoms with Crippen LogP contribution in [0.15, 0.2) is 42.2 Å². The molecule has 0 spiro atoms. The summed E-state index contributed by atoms with van der Waals surface area (Å²) in [5.41, 5.74) is 0.657. The van der Waals surface area contributed by atoms with E-state index in [0.29, 0.717) is 12.1 Å². The molecule has 120 valence electrons. The fourth-order valence-corrected chi connectivity index (χ4v) is 4.00. The second-order valence-electron chi connectivity index (χ2n) is 6.29. The highest BCUT2D eigenvalue weighted by atomic mass is 16.7. The highest BCUT2D eigenvalue weighted by Gasteiger charge is 2.54. The lowest BCUT2D eigenvalue weighted by atomic mass is 9.73. The summed E-state index contributed by atoms with van der Waals surface area (Å²) in [6.07, 6.45) is 3.84. The van der Waals surface area contributed by atoms with Crippen molar-refractivity contribution in [3.05, 3.63) is 42.2 Å². The highest BCUT2D eigenvalue weighted by Crippen LogP contribution is 2.47. The minimum Gasteiger partial charge on any atom is -0.469 e. The van der Waals surface area contributed by atoms with Gasteiger partial charge in [0.1, 0.15) is 0 Å². The molecule has 1 aromatic rings. The molecule has 4 atom stereocenters. The van der Waals surface area contributed by atoms with E-state index in [1.165, 1.54) is 4.90 Å². The lowest BCUT2D eigenvalue weighted by Gasteiger charge is -2.37. The summed E-state index contributed by atoms with van der Waals surface area (Å²) in [7, 11) is 1.62. The monoisotopic (exact) mass is 313 g/mol. The van der Waals surface area contributed by atoms with Gasteiger partial charge in [-0.05, 0) is 31.1 Å². The van der Waals surface area contributed by atoms with Crippen molar-refractivity contribution in [1.29, 1.82) is 0 Å². The molecule has 5 nitrogen and oxygen atoms in total. The minimum atomic E-state index is -0.305. The van der Waals surface area contributed by atoms with Crippen LogP contribution in [0.4, 0.5) is 5.69 Å². The van der Waals surface area contributed by atoms with Gasteiger partial charge in [0.2, 0.25) is 11.8 Å². The number of anilines is 1. The number of methoxy groups -OCH3 is 1. The molecule has 0 bridgehead atoms. The maximum absolute atomic E-state index is 12.9. The largest absolute Gasteiger partial charge is 0.469 e. The average Bonchev–Trinajstić information content (AvgIpc) is 2.86. The summed E-state index contributed by atoms with van der Waals surface area (Å²) < 4.78 is 11.1. The zero-order chi connectivity index (χ0) is 16.0. The van der Waals surface area contributed by atoms with Crippen molar-refractivity contribution in [2.24, 2.45) is 17.8 Å². The Balaban J connectivity index is 1.65. The fourth-order valence-electron chi connectivity index (χ4n) is 4.00. The van der Waals surface area contributed by atoms with E-state index in [4.69, 9.17) is 9.47 Å². The number of carbonyl (C=O) groups excluding carboxylic acids is 2. The van der Waals surface area contributed by atoms with Crippen LogP contribution in [-0.2, 0) is 19.1 Å². The van der Waals surface area contributed by atoms with Gasteiger partial charge in [0, 0.05) is 19.4 Å². The normalized spacial score (nSPS) is 32.9. The predicted octanol–water partition coefficient (Wildman–Crippen LogP) is 2.48. The second-order valence-corrected chi connectivity index (χ2v) is 6.29. The first-order valence-corrected chi connectivity index (χ1v) is 8.03. The number of nitrogens with zero attached hydrogens (tertiary/aromatic N) is 1. The number of ether oxygens (including phenoxy) is 2. The van der Waals surface area contributed by atoms with Crippen molar-refractivity contribution in [3.8, 4) is 0 Å². The van der Waals surface area contributed by atoms with Crippen LogP contribution < -0.4 is 4.90 Å². The Bertz CT molecular complexity index is 669. The Labute approximate surface area is 134 Å². The zero-order valence-corrected chi connectivity index (χ0v) is 13.0. The van der Waals surface area contributed by atoms with Gasteiger partial charge in [-0.25, -0.2) is 0 Å². The van der Waals surface area contributed by atoms with Crippen LogP contribution in [0.25, 0.3) is 0 Å². The SMILES string of the molecule is CO[C@@H]1CC[C@@H]2C(=CC[C@@H]3C(=O)N(c4ccccc4)C(=O)[C@@H]32)O1. The van der Waals surface area contributed by atoms with Gasteiger partial charge in [-0.1, -0.05) is 18.2 Å². The molecule has 0 N–H and O–H groups in total. The third-order valence-corrected chi connectivity index (χ3v) is 5.11. The molecule has 0 saturated carbocycles. The van der Waals surface area contributed by atoms with Gasteiger partial charge in [-0.2, -0.15) is 0 Å². The second kappa shape index (κ2) is 5.49. The number of allylic oxidation sites excluding steroid dienone is 2. The average molecular weight is 313 g/mol. The number of benzene rings is 1. The third-order valence-electron chi connectivity index (χ3n) is 5.11. The standard InChI is InChI=1S/C18H19NO4/c1-22-15-10-8-12-14(23-15)9-7-13-16(12)18(21)19(17(13)20)11-5-3-2-4-6-11/h2-6,9,12-13,15-16H,7-8,10H2,1H3/t12-,13+,15+,16-/m1/s1. The molecule has 2 amide bonds. The minimum absolute atomic E-state index is 0.00897. The van der Waals surface area contributed by atoms with Crippen molar-refractivity contribution in [1.82, 2.24) is 0 Å².